The van der Waals surface area contributed by atoms with Gasteiger partial charge in [-0.15, -0.1) is 0 Å². The number of nitrogens with zero attached hydrogens (tertiary/aromatic N) is 2. The van der Waals surface area contributed by atoms with Gasteiger partial charge >= 0.3 is 0 Å². The molecule has 0 fully saturated rings. The maximum Gasteiger partial charge on any atom is 0.253 e. The average Bonchev–Trinajstić information content (AvgIpc) is 3.21. The number of aromatic nitrogens is 2. The second-order valence-electron chi connectivity index (χ2n) is 7.18. The van der Waals surface area contributed by atoms with Gasteiger partial charge in [0.1, 0.15) is 5.65 Å². The Morgan fingerprint density at radius 3 is 2.65 bits per heavy atom. The number of hydrogen-bond acceptors (Lipinski definition) is 3. The largest absolute Gasteiger partial charge is 0.350 e. The first-order chi connectivity index (χ1) is 12.5. The number of aromatic amines is 1. The van der Waals surface area contributed by atoms with Crippen LogP contribution < -0.4 is 5.32 Å². The van der Waals surface area contributed by atoms with Crippen molar-refractivity contribution in [3.63, 3.8) is 0 Å². The average molecular weight is 413 g/mol. The molecule has 134 valence electrons. The molecule has 0 radical (unpaired) electrons. The summed E-state index contributed by atoms with van der Waals surface area (Å²) in [6.07, 6.45) is 5.33. The van der Waals surface area contributed by atoms with Gasteiger partial charge in [0.25, 0.3) is 5.91 Å². The van der Waals surface area contributed by atoms with Crippen molar-refractivity contribution in [3.05, 3.63) is 63.9 Å². The third-order valence-corrected chi connectivity index (χ3v) is 5.86. The van der Waals surface area contributed by atoms with E-state index in [2.05, 4.69) is 74.5 Å². The van der Waals surface area contributed by atoms with Crippen molar-refractivity contribution in [2.75, 3.05) is 20.6 Å². The molecular formula is C20H21BrN4O. The van der Waals surface area contributed by atoms with E-state index in [1.54, 1.807) is 12.4 Å². The van der Waals surface area contributed by atoms with Gasteiger partial charge in [-0.3, -0.25) is 4.79 Å². The van der Waals surface area contributed by atoms with Crippen molar-refractivity contribution in [3.8, 4) is 0 Å². The van der Waals surface area contributed by atoms with E-state index in [9.17, 15) is 4.79 Å². The Kier molecular flexibility index (Phi) is 4.32. The van der Waals surface area contributed by atoms with Gasteiger partial charge in [0.05, 0.1) is 5.56 Å². The van der Waals surface area contributed by atoms with Crippen LogP contribution in [0.3, 0.4) is 0 Å². The molecule has 6 heteroatoms. The first-order valence-corrected chi connectivity index (χ1v) is 9.43. The van der Waals surface area contributed by atoms with E-state index in [-0.39, 0.29) is 11.4 Å². The fraction of sp³-hybridized carbons (Fsp3) is 0.300. The van der Waals surface area contributed by atoms with Crippen LogP contribution in [-0.2, 0) is 12.8 Å². The number of rotatable bonds is 4. The monoisotopic (exact) mass is 412 g/mol. The minimum absolute atomic E-state index is 0.0756. The zero-order valence-corrected chi connectivity index (χ0v) is 16.4. The lowest BCUT2D eigenvalue weighted by Crippen LogP contribution is -2.53. The molecule has 4 rings (SSSR count). The highest BCUT2D eigenvalue weighted by Crippen LogP contribution is 2.33. The highest BCUT2D eigenvalue weighted by Gasteiger charge is 2.39. The Balaban J connectivity index is 1.55. The molecule has 0 saturated carbocycles. The van der Waals surface area contributed by atoms with Gasteiger partial charge in [0.2, 0.25) is 0 Å². The molecule has 1 amide bonds. The normalized spacial score (nSPS) is 15.4. The van der Waals surface area contributed by atoms with Crippen molar-refractivity contribution >= 4 is 32.9 Å². The van der Waals surface area contributed by atoms with E-state index in [1.807, 2.05) is 6.07 Å². The Morgan fingerprint density at radius 1 is 1.31 bits per heavy atom. The number of halogens is 1. The predicted octanol–water partition coefficient (Wildman–Crippen LogP) is 3.15. The van der Waals surface area contributed by atoms with Crippen LogP contribution in [0, 0.1) is 0 Å². The van der Waals surface area contributed by atoms with Gasteiger partial charge < -0.3 is 15.2 Å². The van der Waals surface area contributed by atoms with Gasteiger partial charge in [0.15, 0.2) is 0 Å². The molecule has 0 spiro atoms. The number of pyridine rings is 1. The first-order valence-electron chi connectivity index (χ1n) is 8.63. The van der Waals surface area contributed by atoms with Crippen LogP contribution in [-0.4, -0.2) is 47.0 Å². The number of nitrogens with one attached hydrogen (secondary N) is 2. The second-order valence-corrected chi connectivity index (χ2v) is 8.09. The minimum Gasteiger partial charge on any atom is -0.350 e. The number of fused-ring (bicyclic) bond motifs is 2. The standard InChI is InChI=1S/C20H21BrN4O/c1-25(2)20(8-13-5-3-4-6-14(13)9-20)12-24-19(26)17-11-23-18-16(17)7-15(21)10-22-18/h3-7,10-11H,8-9,12H2,1-2H3,(H,22,23)(H,24,26). The Labute approximate surface area is 160 Å². The summed E-state index contributed by atoms with van der Waals surface area (Å²) in [6, 6.07) is 10.5. The van der Waals surface area contributed by atoms with Crippen LogP contribution in [0.5, 0.6) is 0 Å². The molecule has 3 aromatic rings. The molecule has 0 saturated heterocycles. The first kappa shape index (κ1) is 17.2. The number of H-pyrrole nitrogens is 1. The lowest BCUT2D eigenvalue weighted by molar-refractivity contribution is 0.0904. The maximum absolute atomic E-state index is 12.8. The molecular weight excluding hydrogens is 392 g/mol. The Morgan fingerprint density at radius 2 is 2.00 bits per heavy atom. The van der Waals surface area contributed by atoms with Gasteiger partial charge in [0, 0.05) is 34.3 Å². The van der Waals surface area contributed by atoms with E-state index >= 15 is 0 Å². The molecule has 0 atom stereocenters. The number of likely N-dealkylation sites (N-methyl/N-ethyl adjacent to an activating group) is 1. The van der Waals surface area contributed by atoms with Crippen LogP contribution in [0.1, 0.15) is 21.5 Å². The molecule has 2 heterocycles. The van der Waals surface area contributed by atoms with Crippen LogP contribution in [0.25, 0.3) is 11.0 Å². The third-order valence-electron chi connectivity index (χ3n) is 5.43. The SMILES string of the molecule is CN(C)C1(CNC(=O)c2c[nH]c3ncc(Br)cc23)Cc2ccccc2C1. The van der Waals surface area contributed by atoms with Crippen LogP contribution >= 0.6 is 15.9 Å². The molecule has 0 bridgehead atoms. The van der Waals surface area contributed by atoms with E-state index in [0.29, 0.717) is 17.8 Å². The predicted molar refractivity (Wildman–Crippen MR) is 106 cm³/mol. The molecule has 5 nitrogen and oxygen atoms in total. The molecule has 2 N–H and O–H groups in total. The number of amides is 1. The second kappa shape index (κ2) is 6.52. The van der Waals surface area contributed by atoms with E-state index in [1.165, 1.54) is 11.1 Å². The number of carbonyl (C=O) groups excluding carboxylic acids is 1. The maximum atomic E-state index is 12.8. The highest BCUT2D eigenvalue weighted by molar-refractivity contribution is 9.10. The summed E-state index contributed by atoms with van der Waals surface area (Å²) in [4.78, 5) is 22.4. The van der Waals surface area contributed by atoms with Gasteiger partial charge in [-0.1, -0.05) is 24.3 Å². The third kappa shape index (κ3) is 2.93. The zero-order valence-electron chi connectivity index (χ0n) is 14.8. The summed E-state index contributed by atoms with van der Waals surface area (Å²) < 4.78 is 0.856. The van der Waals surface area contributed by atoms with Crippen molar-refractivity contribution in [1.29, 1.82) is 0 Å². The minimum atomic E-state index is -0.0930. The molecule has 1 aliphatic rings. The van der Waals surface area contributed by atoms with Crippen molar-refractivity contribution in [2.45, 2.75) is 18.4 Å². The fourth-order valence-electron chi connectivity index (χ4n) is 3.78. The summed E-state index contributed by atoms with van der Waals surface area (Å²) in [5.41, 5.74) is 3.99. The van der Waals surface area contributed by atoms with Crippen LogP contribution in [0.4, 0.5) is 0 Å². The zero-order chi connectivity index (χ0) is 18.3. The molecule has 1 aromatic carbocycles. The summed E-state index contributed by atoms with van der Waals surface area (Å²) in [5.74, 6) is -0.0756. The summed E-state index contributed by atoms with van der Waals surface area (Å²) in [6.45, 7) is 0.599. The number of benzene rings is 1. The molecule has 26 heavy (non-hydrogen) atoms. The van der Waals surface area contributed by atoms with Crippen molar-refractivity contribution in [2.24, 2.45) is 0 Å². The molecule has 1 aliphatic carbocycles. The number of hydrogen-bond donors (Lipinski definition) is 2. The Hall–Kier alpha value is -2.18. The lowest BCUT2D eigenvalue weighted by Gasteiger charge is -2.36. The molecule has 0 unspecified atom stereocenters. The lowest BCUT2D eigenvalue weighted by atomic mass is 9.94. The van der Waals surface area contributed by atoms with Crippen LogP contribution in [0.2, 0.25) is 0 Å². The van der Waals surface area contributed by atoms with Crippen molar-refractivity contribution in [1.82, 2.24) is 20.2 Å². The van der Waals surface area contributed by atoms with E-state index < -0.39 is 0 Å². The molecule has 0 aliphatic heterocycles. The smallest absolute Gasteiger partial charge is 0.253 e. The highest BCUT2D eigenvalue weighted by atomic mass is 79.9. The van der Waals surface area contributed by atoms with E-state index in [4.69, 9.17) is 0 Å². The topological polar surface area (TPSA) is 61.0 Å². The van der Waals surface area contributed by atoms with Gasteiger partial charge in [-0.25, -0.2) is 4.98 Å². The summed E-state index contributed by atoms with van der Waals surface area (Å²) >= 11 is 3.42. The molecule has 2 aromatic heterocycles. The van der Waals surface area contributed by atoms with Gasteiger partial charge in [-0.05, 0) is 60.1 Å². The van der Waals surface area contributed by atoms with E-state index in [0.717, 1.165) is 22.7 Å². The van der Waals surface area contributed by atoms with Crippen molar-refractivity contribution < 1.29 is 4.79 Å². The summed E-state index contributed by atoms with van der Waals surface area (Å²) in [5, 5.41) is 3.98. The Bertz CT molecular complexity index is 954. The number of carbonyl (C=O) groups is 1. The van der Waals surface area contributed by atoms with Crippen LogP contribution in [0.15, 0.2) is 47.2 Å². The van der Waals surface area contributed by atoms with Gasteiger partial charge in [-0.2, -0.15) is 0 Å². The quantitative estimate of drug-likeness (QED) is 0.691. The summed E-state index contributed by atoms with van der Waals surface area (Å²) in [7, 11) is 4.18. The fourth-order valence-corrected chi connectivity index (χ4v) is 4.11.